The van der Waals surface area contributed by atoms with Gasteiger partial charge in [0, 0.05) is 11.6 Å². The molecule has 0 aliphatic carbocycles. The molecule has 0 radical (unpaired) electrons. The molecule has 0 atom stereocenters. The van der Waals surface area contributed by atoms with Crippen molar-refractivity contribution >= 4 is 23.2 Å². The van der Waals surface area contributed by atoms with Crippen molar-refractivity contribution in [1.29, 1.82) is 0 Å². The lowest BCUT2D eigenvalue weighted by atomic mass is 10.0. The molecule has 1 aromatic carbocycles. The SMILES string of the molecule is CCC(CC)C(=O)Nc1ccc(C(C)=NNC(=O)c2ccco2)cc1. The molecule has 132 valence electrons. The van der Waals surface area contributed by atoms with Crippen molar-refractivity contribution < 1.29 is 14.0 Å². The van der Waals surface area contributed by atoms with Crippen LogP contribution in [0.2, 0.25) is 0 Å². The van der Waals surface area contributed by atoms with E-state index in [0.717, 1.165) is 24.1 Å². The lowest BCUT2D eigenvalue weighted by Crippen LogP contribution is -2.21. The summed E-state index contributed by atoms with van der Waals surface area (Å²) in [5.41, 5.74) is 4.69. The van der Waals surface area contributed by atoms with E-state index in [1.165, 1.54) is 6.26 Å². The molecule has 2 aromatic rings. The zero-order valence-electron chi connectivity index (χ0n) is 14.7. The van der Waals surface area contributed by atoms with E-state index in [1.807, 2.05) is 38.1 Å². The average molecular weight is 341 g/mol. The first-order valence-corrected chi connectivity index (χ1v) is 8.34. The Labute approximate surface area is 147 Å². The van der Waals surface area contributed by atoms with Crippen LogP contribution in [-0.2, 0) is 4.79 Å². The molecule has 2 N–H and O–H groups in total. The minimum atomic E-state index is -0.404. The van der Waals surface area contributed by atoms with Gasteiger partial charge in [0.1, 0.15) is 0 Å². The van der Waals surface area contributed by atoms with Crippen molar-refractivity contribution in [3.05, 3.63) is 54.0 Å². The van der Waals surface area contributed by atoms with Crippen LogP contribution >= 0.6 is 0 Å². The Hall–Kier alpha value is -2.89. The van der Waals surface area contributed by atoms with Gasteiger partial charge >= 0.3 is 5.91 Å². The first-order chi connectivity index (χ1) is 12.0. The summed E-state index contributed by atoms with van der Waals surface area (Å²) < 4.78 is 5.00. The maximum Gasteiger partial charge on any atom is 0.307 e. The number of furan rings is 1. The van der Waals surface area contributed by atoms with Crippen LogP contribution in [0.5, 0.6) is 0 Å². The number of nitrogens with one attached hydrogen (secondary N) is 2. The number of benzene rings is 1. The highest BCUT2D eigenvalue weighted by atomic mass is 16.3. The number of hydrogen-bond acceptors (Lipinski definition) is 4. The minimum absolute atomic E-state index is 0.0276. The van der Waals surface area contributed by atoms with Crippen molar-refractivity contribution in [1.82, 2.24) is 5.43 Å². The molecule has 0 unspecified atom stereocenters. The van der Waals surface area contributed by atoms with Crippen LogP contribution in [0.3, 0.4) is 0 Å². The highest BCUT2D eigenvalue weighted by Crippen LogP contribution is 2.14. The zero-order valence-corrected chi connectivity index (χ0v) is 14.7. The summed E-state index contributed by atoms with van der Waals surface area (Å²) in [6.07, 6.45) is 3.07. The molecule has 0 aliphatic heterocycles. The maximum absolute atomic E-state index is 12.1. The largest absolute Gasteiger partial charge is 0.459 e. The van der Waals surface area contributed by atoms with Gasteiger partial charge in [0.25, 0.3) is 0 Å². The molecule has 25 heavy (non-hydrogen) atoms. The van der Waals surface area contributed by atoms with Gasteiger partial charge in [0.15, 0.2) is 5.76 Å². The molecular formula is C19H23N3O3. The predicted octanol–water partition coefficient (Wildman–Crippen LogP) is 3.81. The van der Waals surface area contributed by atoms with Gasteiger partial charge in [0.05, 0.1) is 12.0 Å². The van der Waals surface area contributed by atoms with Gasteiger partial charge in [-0.15, -0.1) is 0 Å². The van der Waals surface area contributed by atoms with E-state index in [1.54, 1.807) is 19.1 Å². The van der Waals surface area contributed by atoms with E-state index in [4.69, 9.17) is 4.42 Å². The molecule has 6 heteroatoms. The average Bonchev–Trinajstić information content (AvgIpc) is 3.16. The molecule has 0 saturated heterocycles. The van der Waals surface area contributed by atoms with Crippen LogP contribution in [0.1, 0.15) is 49.7 Å². The van der Waals surface area contributed by atoms with Crippen LogP contribution in [0, 0.1) is 5.92 Å². The minimum Gasteiger partial charge on any atom is -0.459 e. The van der Waals surface area contributed by atoms with Crippen molar-refractivity contribution in [2.24, 2.45) is 11.0 Å². The van der Waals surface area contributed by atoms with Gasteiger partial charge in [0.2, 0.25) is 5.91 Å². The number of hydrogen-bond donors (Lipinski definition) is 2. The van der Waals surface area contributed by atoms with Gasteiger partial charge in [-0.25, -0.2) is 5.43 Å². The lowest BCUT2D eigenvalue weighted by molar-refractivity contribution is -0.120. The number of anilines is 1. The topological polar surface area (TPSA) is 83.7 Å². The lowest BCUT2D eigenvalue weighted by Gasteiger charge is -2.13. The second kappa shape index (κ2) is 8.82. The Morgan fingerprint density at radius 3 is 2.36 bits per heavy atom. The van der Waals surface area contributed by atoms with E-state index in [0.29, 0.717) is 5.71 Å². The highest BCUT2D eigenvalue weighted by Gasteiger charge is 2.14. The Kier molecular flexibility index (Phi) is 6.51. The molecule has 2 rings (SSSR count). The van der Waals surface area contributed by atoms with Crippen LogP contribution in [0.15, 0.2) is 52.2 Å². The molecule has 1 heterocycles. The molecule has 0 aliphatic rings. The van der Waals surface area contributed by atoms with Crippen molar-refractivity contribution in [3.63, 3.8) is 0 Å². The van der Waals surface area contributed by atoms with Crippen LogP contribution in [0.4, 0.5) is 5.69 Å². The third-order valence-corrected chi connectivity index (χ3v) is 4.00. The van der Waals surface area contributed by atoms with E-state index in [2.05, 4.69) is 15.8 Å². The number of rotatable bonds is 7. The van der Waals surface area contributed by atoms with E-state index in [9.17, 15) is 9.59 Å². The fraction of sp³-hybridized carbons (Fsp3) is 0.316. The standard InChI is InChI=1S/C19H23N3O3/c1-4-14(5-2)18(23)20-16-10-8-15(9-11-16)13(3)21-22-19(24)17-7-6-12-25-17/h6-12,14H,4-5H2,1-3H3,(H,20,23)(H,22,24). The molecule has 0 fully saturated rings. The molecule has 2 amide bonds. The third kappa shape index (κ3) is 5.04. The van der Waals surface area contributed by atoms with Crippen LogP contribution in [0.25, 0.3) is 0 Å². The number of carbonyl (C=O) groups is 2. The second-order valence-electron chi connectivity index (χ2n) is 5.70. The number of nitrogens with zero attached hydrogens (tertiary/aromatic N) is 1. The van der Waals surface area contributed by atoms with Crippen LogP contribution in [-0.4, -0.2) is 17.5 Å². The number of amides is 2. The fourth-order valence-electron chi connectivity index (χ4n) is 2.36. The third-order valence-electron chi connectivity index (χ3n) is 4.00. The predicted molar refractivity (Wildman–Crippen MR) is 97.5 cm³/mol. The first-order valence-electron chi connectivity index (χ1n) is 8.34. The highest BCUT2D eigenvalue weighted by molar-refractivity contribution is 6.01. The normalized spacial score (nSPS) is 11.4. The summed E-state index contributed by atoms with van der Waals surface area (Å²) in [7, 11) is 0. The fourth-order valence-corrected chi connectivity index (χ4v) is 2.36. The molecule has 0 spiro atoms. The summed E-state index contributed by atoms with van der Waals surface area (Å²) in [5.74, 6) is -0.136. The summed E-state index contributed by atoms with van der Waals surface area (Å²) in [6.45, 7) is 5.81. The smallest absolute Gasteiger partial charge is 0.307 e. The van der Waals surface area contributed by atoms with Crippen molar-refractivity contribution in [2.75, 3.05) is 5.32 Å². The Morgan fingerprint density at radius 1 is 1.12 bits per heavy atom. The van der Waals surface area contributed by atoms with Crippen molar-refractivity contribution in [3.8, 4) is 0 Å². The summed E-state index contributed by atoms with van der Waals surface area (Å²) >= 11 is 0. The molecule has 0 bridgehead atoms. The molecule has 6 nitrogen and oxygen atoms in total. The zero-order chi connectivity index (χ0) is 18.2. The van der Waals surface area contributed by atoms with E-state index >= 15 is 0 Å². The molecule has 0 saturated carbocycles. The van der Waals surface area contributed by atoms with Crippen molar-refractivity contribution in [2.45, 2.75) is 33.6 Å². The molecule has 1 aromatic heterocycles. The summed E-state index contributed by atoms with van der Waals surface area (Å²) in [6, 6.07) is 10.5. The van der Waals surface area contributed by atoms with E-state index in [-0.39, 0.29) is 17.6 Å². The van der Waals surface area contributed by atoms with E-state index < -0.39 is 5.91 Å². The first kappa shape index (κ1) is 18.4. The Balaban J connectivity index is 1.97. The summed E-state index contributed by atoms with van der Waals surface area (Å²) in [5, 5.41) is 6.98. The number of carbonyl (C=O) groups excluding carboxylic acids is 2. The Morgan fingerprint density at radius 2 is 1.80 bits per heavy atom. The summed E-state index contributed by atoms with van der Waals surface area (Å²) in [4.78, 5) is 23.9. The number of hydrazone groups is 1. The monoisotopic (exact) mass is 341 g/mol. The Bertz CT molecular complexity index is 730. The van der Waals surface area contributed by atoms with Gasteiger partial charge in [-0.05, 0) is 49.6 Å². The van der Waals surface area contributed by atoms with Gasteiger partial charge < -0.3 is 9.73 Å². The second-order valence-corrected chi connectivity index (χ2v) is 5.70. The maximum atomic E-state index is 12.1. The van der Waals surface area contributed by atoms with Crippen LogP contribution < -0.4 is 10.7 Å². The van der Waals surface area contributed by atoms with Gasteiger partial charge in [-0.3, -0.25) is 9.59 Å². The van der Waals surface area contributed by atoms with Gasteiger partial charge in [-0.2, -0.15) is 5.10 Å². The van der Waals surface area contributed by atoms with Gasteiger partial charge in [-0.1, -0.05) is 26.0 Å². The quantitative estimate of drug-likeness (QED) is 0.593. The molecular weight excluding hydrogens is 318 g/mol.